The molecule has 196 valence electrons. The monoisotopic (exact) mass is 513 g/mol. The number of nitrogens with zero attached hydrogens (tertiary/aromatic N) is 3. The molecule has 2 N–H and O–H groups in total. The van der Waals surface area contributed by atoms with Crippen molar-refractivity contribution in [1.82, 2.24) is 25.3 Å². The van der Waals surface area contributed by atoms with Crippen LogP contribution in [0.2, 0.25) is 0 Å². The Bertz CT molecular complexity index is 1060. The van der Waals surface area contributed by atoms with E-state index in [0.29, 0.717) is 12.1 Å². The van der Waals surface area contributed by atoms with Crippen molar-refractivity contribution in [2.75, 3.05) is 39.5 Å². The number of carbonyl (C=O) groups is 3. The SMILES string of the molecule is CC1CN(C(=O)OCCF)CCC1C(=O)NCCNC(=O)c1cn(-c2ccccc2)nc1C(F)(F)F. The highest BCUT2D eigenvalue weighted by molar-refractivity contribution is 5.95. The first-order chi connectivity index (χ1) is 17.1. The van der Waals surface area contributed by atoms with Gasteiger partial charge in [-0.25, -0.2) is 13.9 Å². The van der Waals surface area contributed by atoms with Gasteiger partial charge in [-0.15, -0.1) is 0 Å². The average Bonchev–Trinajstić information content (AvgIpc) is 3.32. The highest BCUT2D eigenvalue weighted by atomic mass is 19.4. The molecular formula is C23H27F4N5O4. The molecule has 3 rings (SSSR count). The van der Waals surface area contributed by atoms with E-state index in [-0.39, 0.29) is 44.6 Å². The Morgan fingerprint density at radius 1 is 1.14 bits per heavy atom. The summed E-state index contributed by atoms with van der Waals surface area (Å²) in [7, 11) is 0. The van der Waals surface area contributed by atoms with Gasteiger partial charge in [0.15, 0.2) is 5.69 Å². The number of piperidine rings is 1. The molecule has 2 aromatic rings. The van der Waals surface area contributed by atoms with E-state index in [0.717, 1.165) is 10.9 Å². The second-order valence-electron chi connectivity index (χ2n) is 8.34. The minimum Gasteiger partial charge on any atom is -0.447 e. The fraction of sp³-hybridized carbons (Fsp3) is 0.478. The number of halogens is 4. The molecule has 0 saturated carbocycles. The number of nitrogens with one attached hydrogen (secondary N) is 2. The predicted octanol–water partition coefficient (Wildman–Crippen LogP) is 2.80. The number of ether oxygens (including phenoxy) is 1. The lowest BCUT2D eigenvalue weighted by molar-refractivity contribution is -0.141. The van der Waals surface area contributed by atoms with Crippen LogP contribution >= 0.6 is 0 Å². The largest absolute Gasteiger partial charge is 0.447 e. The number of aromatic nitrogens is 2. The van der Waals surface area contributed by atoms with Crippen LogP contribution < -0.4 is 10.6 Å². The van der Waals surface area contributed by atoms with Gasteiger partial charge in [-0.05, 0) is 24.5 Å². The van der Waals surface area contributed by atoms with Crippen LogP contribution in [0.15, 0.2) is 36.5 Å². The van der Waals surface area contributed by atoms with Crippen molar-refractivity contribution < 1.29 is 36.7 Å². The van der Waals surface area contributed by atoms with Crippen LogP contribution in [-0.2, 0) is 15.7 Å². The number of benzene rings is 1. The van der Waals surface area contributed by atoms with E-state index in [9.17, 15) is 31.9 Å². The lowest BCUT2D eigenvalue weighted by Gasteiger charge is -2.35. The van der Waals surface area contributed by atoms with Crippen LogP contribution in [0.5, 0.6) is 0 Å². The van der Waals surface area contributed by atoms with Crippen LogP contribution in [-0.4, -0.2) is 72.0 Å². The third kappa shape index (κ3) is 6.73. The molecule has 1 saturated heterocycles. The summed E-state index contributed by atoms with van der Waals surface area (Å²) >= 11 is 0. The molecule has 2 heterocycles. The van der Waals surface area contributed by atoms with Crippen molar-refractivity contribution in [2.45, 2.75) is 19.5 Å². The molecule has 1 aromatic heterocycles. The summed E-state index contributed by atoms with van der Waals surface area (Å²) in [5.41, 5.74) is -1.57. The van der Waals surface area contributed by atoms with E-state index in [1.807, 2.05) is 0 Å². The molecule has 36 heavy (non-hydrogen) atoms. The minimum atomic E-state index is -4.83. The second-order valence-corrected chi connectivity index (χ2v) is 8.34. The molecule has 2 unspecified atom stereocenters. The van der Waals surface area contributed by atoms with E-state index >= 15 is 0 Å². The van der Waals surface area contributed by atoms with Gasteiger partial charge in [-0.1, -0.05) is 25.1 Å². The number of hydrogen-bond donors (Lipinski definition) is 2. The highest BCUT2D eigenvalue weighted by Gasteiger charge is 2.39. The molecule has 1 aliphatic rings. The zero-order valence-electron chi connectivity index (χ0n) is 19.6. The Morgan fingerprint density at radius 2 is 1.83 bits per heavy atom. The van der Waals surface area contributed by atoms with Gasteiger partial charge in [0.2, 0.25) is 5.91 Å². The van der Waals surface area contributed by atoms with Crippen LogP contribution in [0.1, 0.15) is 29.4 Å². The van der Waals surface area contributed by atoms with Crippen molar-refractivity contribution in [3.63, 3.8) is 0 Å². The number of hydrogen-bond acceptors (Lipinski definition) is 5. The standard InChI is InChI=1S/C23H27F4N5O4/c1-15-13-31(22(35)36-12-8-24)11-7-17(15)20(33)28-9-10-29-21(34)18-14-32(16-5-3-2-4-6-16)30-19(18)23(25,26)27/h2-6,14-15,17H,7-13H2,1H3,(H,28,33)(H,29,34). The molecule has 0 spiro atoms. The molecule has 1 aliphatic heterocycles. The Labute approximate surface area is 204 Å². The molecule has 0 aliphatic carbocycles. The Kier molecular flexibility index (Phi) is 8.88. The summed E-state index contributed by atoms with van der Waals surface area (Å²) in [4.78, 5) is 38.3. The number of amides is 3. The number of alkyl halides is 4. The summed E-state index contributed by atoms with van der Waals surface area (Å²) < 4.78 is 58.3. The van der Waals surface area contributed by atoms with Gasteiger partial charge < -0.3 is 20.3 Å². The van der Waals surface area contributed by atoms with Gasteiger partial charge >= 0.3 is 12.3 Å². The normalized spacial score (nSPS) is 18.0. The lowest BCUT2D eigenvalue weighted by atomic mass is 9.86. The first-order valence-corrected chi connectivity index (χ1v) is 11.4. The van der Waals surface area contributed by atoms with Crippen molar-refractivity contribution in [2.24, 2.45) is 11.8 Å². The molecule has 1 fully saturated rings. The smallest absolute Gasteiger partial charge is 0.435 e. The van der Waals surface area contributed by atoms with Crippen molar-refractivity contribution >= 4 is 17.9 Å². The maximum Gasteiger partial charge on any atom is 0.435 e. The summed E-state index contributed by atoms with van der Waals surface area (Å²) in [6.07, 6.45) is -4.07. The number of carbonyl (C=O) groups excluding carboxylic acids is 3. The molecule has 1 aromatic carbocycles. The zero-order chi connectivity index (χ0) is 26.3. The fourth-order valence-corrected chi connectivity index (χ4v) is 3.97. The molecular weight excluding hydrogens is 486 g/mol. The molecule has 2 atom stereocenters. The molecule has 3 amide bonds. The fourth-order valence-electron chi connectivity index (χ4n) is 3.97. The lowest BCUT2D eigenvalue weighted by Crippen LogP contribution is -2.48. The van der Waals surface area contributed by atoms with Crippen LogP contribution in [0, 0.1) is 11.8 Å². The van der Waals surface area contributed by atoms with E-state index in [4.69, 9.17) is 4.74 Å². The molecule has 0 bridgehead atoms. The van der Waals surface area contributed by atoms with Gasteiger partial charge in [0.25, 0.3) is 5.91 Å². The van der Waals surface area contributed by atoms with Crippen LogP contribution in [0.3, 0.4) is 0 Å². The second kappa shape index (κ2) is 11.9. The topological polar surface area (TPSA) is 106 Å². The van der Waals surface area contributed by atoms with E-state index in [1.54, 1.807) is 37.3 Å². The maximum absolute atomic E-state index is 13.5. The van der Waals surface area contributed by atoms with Crippen molar-refractivity contribution in [3.8, 4) is 5.69 Å². The molecule has 9 nitrogen and oxygen atoms in total. The summed E-state index contributed by atoms with van der Waals surface area (Å²) in [6, 6.07) is 8.09. The average molecular weight is 513 g/mol. The Hall–Kier alpha value is -3.64. The molecule has 0 radical (unpaired) electrons. The van der Waals surface area contributed by atoms with E-state index in [2.05, 4.69) is 15.7 Å². The summed E-state index contributed by atoms with van der Waals surface area (Å²) in [6.45, 7) is 1.15. The third-order valence-corrected chi connectivity index (χ3v) is 5.76. The van der Waals surface area contributed by atoms with Crippen LogP contribution in [0.4, 0.5) is 22.4 Å². The number of rotatable bonds is 8. The van der Waals surface area contributed by atoms with Gasteiger partial charge in [0.1, 0.15) is 13.3 Å². The van der Waals surface area contributed by atoms with Crippen LogP contribution in [0.25, 0.3) is 5.69 Å². The van der Waals surface area contributed by atoms with Gasteiger partial charge in [-0.2, -0.15) is 18.3 Å². The van der Waals surface area contributed by atoms with Crippen molar-refractivity contribution in [3.05, 3.63) is 47.8 Å². The van der Waals surface area contributed by atoms with Gasteiger partial charge in [-0.3, -0.25) is 9.59 Å². The Balaban J connectivity index is 1.51. The summed E-state index contributed by atoms with van der Waals surface area (Å²) in [5, 5.41) is 8.58. The quantitative estimate of drug-likeness (QED) is 0.417. The molecule has 13 heteroatoms. The minimum absolute atomic E-state index is 0.00419. The third-order valence-electron chi connectivity index (χ3n) is 5.76. The highest BCUT2D eigenvalue weighted by Crippen LogP contribution is 2.31. The van der Waals surface area contributed by atoms with Gasteiger partial charge in [0, 0.05) is 38.3 Å². The van der Waals surface area contributed by atoms with E-state index < -0.39 is 42.0 Å². The number of para-hydroxylation sites is 1. The maximum atomic E-state index is 13.5. The van der Waals surface area contributed by atoms with E-state index in [1.165, 1.54) is 4.90 Å². The zero-order valence-corrected chi connectivity index (χ0v) is 19.6. The van der Waals surface area contributed by atoms with Gasteiger partial charge in [0.05, 0.1) is 11.3 Å². The predicted molar refractivity (Wildman–Crippen MR) is 120 cm³/mol. The summed E-state index contributed by atoms with van der Waals surface area (Å²) in [5.74, 6) is -1.84. The number of likely N-dealkylation sites (tertiary alicyclic amines) is 1. The first kappa shape index (κ1) is 27.0. The first-order valence-electron chi connectivity index (χ1n) is 11.4. The Morgan fingerprint density at radius 3 is 2.47 bits per heavy atom. The van der Waals surface area contributed by atoms with Crippen molar-refractivity contribution in [1.29, 1.82) is 0 Å².